The third kappa shape index (κ3) is 5.53. The van der Waals surface area contributed by atoms with E-state index in [0.717, 1.165) is 20.9 Å². The summed E-state index contributed by atoms with van der Waals surface area (Å²) in [4.78, 5) is 41.4. The lowest BCUT2D eigenvalue weighted by atomic mass is 10.1. The number of aromatic nitrogens is 1. The van der Waals surface area contributed by atoms with Crippen LogP contribution in [0.1, 0.15) is 20.7 Å². The van der Waals surface area contributed by atoms with Gasteiger partial charge < -0.3 is 20.5 Å². The maximum atomic E-state index is 12.5. The fourth-order valence-corrected chi connectivity index (χ4v) is 4.70. The molecule has 172 valence electrons. The van der Waals surface area contributed by atoms with Crippen LogP contribution in [0.15, 0.2) is 71.6 Å². The molecule has 0 saturated heterocycles. The van der Waals surface area contributed by atoms with Crippen LogP contribution in [0.3, 0.4) is 0 Å². The molecule has 1 aromatic heterocycles. The van der Waals surface area contributed by atoms with E-state index in [1.807, 2.05) is 18.2 Å². The molecule has 0 unspecified atom stereocenters. The van der Waals surface area contributed by atoms with Gasteiger partial charge in [0.2, 0.25) is 5.91 Å². The normalized spacial score (nSPS) is 10.6. The van der Waals surface area contributed by atoms with Crippen LogP contribution in [0.5, 0.6) is 5.75 Å². The zero-order valence-corrected chi connectivity index (χ0v) is 19.5. The molecule has 1 heterocycles. The second kappa shape index (κ2) is 10.4. The van der Waals surface area contributed by atoms with Gasteiger partial charge in [0, 0.05) is 10.6 Å². The van der Waals surface area contributed by atoms with Crippen LogP contribution in [-0.2, 0) is 4.79 Å². The Bertz CT molecular complexity index is 1370. The van der Waals surface area contributed by atoms with E-state index >= 15 is 0 Å². The van der Waals surface area contributed by atoms with Crippen molar-refractivity contribution in [3.63, 3.8) is 0 Å². The van der Waals surface area contributed by atoms with E-state index < -0.39 is 11.9 Å². The molecule has 0 aliphatic heterocycles. The monoisotopic (exact) mass is 493 g/mol. The Hall–Kier alpha value is -3.89. The number of anilines is 2. The number of hydrogen-bond donors (Lipinski definition) is 3. The molecule has 2 amide bonds. The molecule has 0 aliphatic rings. The number of thiazole rings is 1. The van der Waals surface area contributed by atoms with Crippen molar-refractivity contribution < 1.29 is 24.2 Å². The number of methoxy groups -OCH3 is 1. The highest BCUT2D eigenvalue weighted by atomic mass is 32.2. The van der Waals surface area contributed by atoms with Crippen LogP contribution in [0.2, 0.25) is 0 Å². The van der Waals surface area contributed by atoms with E-state index in [2.05, 4.69) is 15.6 Å². The lowest BCUT2D eigenvalue weighted by Crippen LogP contribution is -2.16. The minimum Gasteiger partial charge on any atom is -0.497 e. The summed E-state index contributed by atoms with van der Waals surface area (Å²) in [5, 5.41) is 15.3. The summed E-state index contributed by atoms with van der Waals surface area (Å²) in [6.07, 6.45) is 0. The molecular formula is C24H19N3O5S2. The van der Waals surface area contributed by atoms with E-state index in [9.17, 15) is 19.5 Å². The van der Waals surface area contributed by atoms with E-state index in [1.54, 1.807) is 43.5 Å². The average molecular weight is 494 g/mol. The van der Waals surface area contributed by atoms with Gasteiger partial charge in [0.25, 0.3) is 5.91 Å². The molecule has 0 radical (unpaired) electrons. The van der Waals surface area contributed by atoms with Crippen molar-refractivity contribution in [3.8, 4) is 5.75 Å². The number of benzene rings is 3. The van der Waals surface area contributed by atoms with Crippen LogP contribution < -0.4 is 15.4 Å². The number of hydrogen-bond acceptors (Lipinski definition) is 7. The largest absolute Gasteiger partial charge is 0.497 e. The van der Waals surface area contributed by atoms with Gasteiger partial charge >= 0.3 is 5.97 Å². The van der Waals surface area contributed by atoms with Crippen molar-refractivity contribution >= 4 is 61.9 Å². The van der Waals surface area contributed by atoms with Crippen molar-refractivity contribution in [1.29, 1.82) is 0 Å². The summed E-state index contributed by atoms with van der Waals surface area (Å²) < 4.78 is 6.13. The molecule has 3 aromatic carbocycles. The molecule has 10 heteroatoms. The van der Waals surface area contributed by atoms with Gasteiger partial charge in [0.05, 0.1) is 34.2 Å². The van der Waals surface area contributed by atoms with Crippen LogP contribution >= 0.6 is 23.1 Å². The second-order valence-corrected chi connectivity index (χ2v) is 9.10. The number of nitrogens with zero attached hydrogens (tertiary/aromatic N) is 1. The molecule has 0 spiro atoms. The molecule has 8 nitrogen and oxygen atoms in total. The summed E-state index contributed by atoms with van der Waals surface area (Å²) in [5.41, 5.74) is 1.32. The molecular weight excluding hydrogens is 474 g/mol. The third-order valence-corrected chi connectivity index (χ3v) is 6.67. The van der Waals surface area contributed by atoms with Gasteiger partial charge in [-0.05, 0) is 54.6 Å². The number of rotatable bonds is 8. The molecule has 0 fully saturated rings. The van der Waals surface area contributed by atoms with Gasteiger partial charge in [-0.2, -0.15) is 0 Å². The number of ether oxygens (including phenoxy) is 1. The molecule has 0 bridgehead atoms. The van der Waals surface area contributed by atoms with E-state index in [4.69, 9.17) is 4.74 Å². The van der Waals surface area contributed by atoms with E-state index in [1.165, 1.54) is 35.2 Å². The fraction of sp³-hybridized carbons (Fsp3) is 0.0833. The SMILES string of the molecule is COc1ccc2nc(NC(=O)CSc3ccc(NC(=O)c4ccccc4C(=O)O)cc3)sc2c1. The Balaban J connectivity index is 1.32. The molecule has 0 aliphatic carbocycles. The number of fused-ring (bicyclic) bond motifs is 1. The van der Waals surface area contributed by atoms with Crippen LogP contribution in [0.4, 0.5) is 10.8 Å². The van der Waals surface area contributed by atoms with Crippen molar-refractivity contribution in [2.24, 2.45) is 0 Å². The molecule has 4 rings (SSSR count). The highest BCUT2D eigenvalue weighted by molar-refractivity contribution is 8.00. The average Bonchev–Trinajstić information content (AvgIpc) is 3.24. The van der Waals surface area contributed by atoms with Crippen molar-refractivity contribution in [1.82, 2.24) is 4.98 Å². The smallest absolute Gasteiger partial charge is 0.336 e. The number of thioether (sulfide) groups is 1. The highest BCUT2D eigenvalue weighted by Crippen LogP contribution is 2.29. The Morgan fingerprint density at radius 2 is 1.74 bits per heavy atom. The van der Waals surface area contributed by atoms with Gasteiger partial charge in [-0.25, -0.2) is 9.78 Å². The first kappa shape index (κ1) is 23.3. The standard InChI is InChI=1S/C24H19N3O5S2/c1-32-15-8-11-19-20(12-15)34-24(26-19)27-21(28)13-33-16-9-6-14(7-10-16)25-22(29)17-4-2-3-5-18(17)23(30)31/h2-12H,13H2,1H3,(H,25,29)(H,30,31)(H,26,27,28). The molecule has 0 saturated carbocycles. The number of nitrogens with one attached hydrogen (secondary N) is 2. The highest BCUT2D eigenvalue weighted by Gasteiger charge is 2.16. The van der Waals surface area contributed by atoms with Crippen LogP contribution in [-0.4, -0.2) is 40.7 Å². The summed E-state index contributed by atoms with van der Waals surface area (Å²) in [7, 11) is 1.60. The van der Waals surface area contributed by atoms with Gasteiger partial charge in [0.1, 0.15) is 5.75 Å². The van der Waals surface area contributed by atoms with Gasteiger partial charge in [-0.1, -0.05) is 23.5 Å². The summed E-state index contributed by atoms with van der Waals surface area (Å²) in [6, 6.07) is 18.5. The first-order chi connectivity index (χ1) is 16.4. The van der Waals surface area contributed by atoms with Crippen molar-refractivity contribution in [2.45, 2.75) is 4.90 Å². The zero-order valence-electron chi connectivity index (χ0n) is 17.9. The molecule has 0 atom stereocenters. The predicted octanol–water partition coefficient (Wildman–Crippen LogP) is 4.99. The van der Waals surface area contributed by atoms with E-state index in [-0.39, 0.29) is 22.8 Å². The third-order valence-electron chi connectivity index (χ3n) is 4.73. The number of carboxylic acid groups (broad SMARTS) is 1. The zero-order chi connectivity index (χ0) is 24.1. The lowest BCUT2D eigenvalue weighted by molar-refractivity contribution is -0.113. The minimum atomic E-state index is -1.17. The van der Waals surface area contributed by atoms with Gasteiger partial charge in [-0.3, -0.25) is 9.59 Å². The second-order valence-electron chi connectivity index (χ2n) is 7.02. The van der Waals surface area contributed by atoms with E-state index in [0.29, 0.717) is 10.8 Å². The van der Waals surface area contributed by atoms with Gasteiger partial charge in [0.15, 0.2) is 5.13 Å². The van der Waals surface area contributed by atoms with Gasteiger partial charge in [-0.15, -0.1) is 11.8 Å². The molecule has 4 aromatic rings. The fourth-order valence-electron chi connectivity index (χ4n) is 3.09. The summed E-state index contributed by atoms with van der Waals surface area (Å²) in [6.45, 7) is 0. The predicted molar refractivity (Wildman–Crippen MR) is 133 cm³/mol. The minimum absolute atomic E-state index is 0.0644. The molecule has 34 heavy (non-hydrogen) atoms. The lowest BCUT2D eigenvalue weighted by Gasteiger charge is -2.08. The number of aromatic carboxylic acids is 1. The molecule has 3 N–H and O–H groups in total. The Morgan fingerprint density at radius 3 is 2.44 bits per heavy atom. The number of carboxylic acids is 1. The Morgan fingerprint density at radius 1 is 1.00 bits per heavy atom. The van der Waals surface area contributed by atoms with Crippen LogP contribution in [0.25, 0.3) is 10.2 Å². The van der Waals surface area contributed by atoms with Crippen molar-refractivity contribution in [2.75, 3.05) is 23.5 Å². The Labute approximate surface area is 203 Å². The first-order valence-electron chi connectivity index (χ1n) is 10.0. The first-order valence-corrected chi connectivity index (χ1v) is 11.8. The number of carbonyl (C=O) groups is 3. The quantitative estimate of drug-likeness (QED) is 0.296. The van der Waals surface area contributed by atoms with Crippen molar-refractivity contribution in [3.05, 3.63) is 77.9 Å². The number of amides is 2. The van der Waals surface area contributed by atoms with Crippen LogP contribution in [0, 0.1) is 0 Å². The topological polar surface area (TPSA) is 118 Å². The summed E-state index contributed by atoms with van der Waals surface area (Å²) in [5.74, 6) is -0.932. The summed E-state index contributed by atoms with van der Waals surface area (Å²) >= 11 is 2.72. The number of carbonyl (C=O) groups excluding carboxylic acids is 2. The maximum absolute atomic E-state index is 12.5. The maximum Gasteiger partial charge on any atom is 0.336 e. The Kier molecular flexibility index (Phi) is 7.09.